The number of likely N-dealkylation sites (N-methyl/N-ethyl adjacent to an activating group) is 1. The van der Waals surface area contributed by atoms with Crippen LogP contribution in [0, 0.1) is 13.8 Å². The summed E-state index contributed by atoms with van der Waals surface area (Å²) in [5, 5.41) is 0. The summed E-state index contributed by atoms with van der Waals surface area (Å²) >= 11 is 0. The Hall–Kier alpha value is -2.75. The minimum atomic E-state index is -0.0450. The lowest BCUT2D eigenvalue weighted by Crippen LogP contribution is -2.24. The number of aryl methyl sites for hydroxylation is 2. The molecule has 2 aromatic rings. The van der Waals surface area contributed by atoms with Gasteiger partial charge in [-0.25, -0.2) is 0 Å². The summed E-state index contributed by atoms with van der Waals surface area (Å²) in [6, 6.07) is 11.9. The number of carbonyl (C=O) groups excluding carboxylic acids is 1. The first-order valence-corrected chi connectivity index (χ1v) is 9.14. The van der Waals surface area contributed by atoms with Gasteiger partial charge in [0.2, 0.25) is 5.91 Å². The predicted molar refractivity (Wildman–Crippen MR) is 110 cm³/mol. The molecule has 0 radical (unpaired) electrons. The van der Waals surface area contributed by atoms with Crippen LogP contribution in [0.4, 0.5) is 0 Å². The maximum absolute atomic E-state index is 12.4. The molecule has 27 heavy (non-hydrogen) atoms. The van der Waals surface area contributed by atoms with Crippen LogP contribution in [0.25, 0.3) is 6.08 Å². The highest BCUT2D eigenvalue weighted by molar-refractivity contribution is 5.91. The fraction of sp³-hybridized carbons (Fsp3) is 0.348. The molecule has 0 atom stereocenters. The molecule has 0 aromatic heterocycles. The highest BCUT2D eigenvalue weighted by Gasteiger charge is 2.09. The molecule has 0 N–H and O–H groups in total. The molecule has 0 fully saturated rings. The van der Waals surface area contributed by atoms with Crippen molar-refractivity contribution in [3.8, 4) is 11.5 Å². The fourth-order valence-corrected chi connectivity index (χ4v) is 2.79. The zero-order chi connectivity index (χ0) is 20.0. The minimum Gasteiger partial charge on any atom is -0.493 e. The smallest absolute Gasteiger partial charge is 0.246 e. The molecule has 2 aromatic carbocycles. The van der Waals surface area contributed by atoms with E-state index in [1.165, 1.54) is 11.1 Å². The highest BCUT2D eigenvalue weighted by Crippen LogP contribution is 2.29. The van der Waals surface area contributed by atoms with Crippen molar-refractivity contribution in [2.75, 3.05) is 14.2 Å². The van der Waals surface area contributed by atoms with Crippen LogP contribution in [0.1, 0.15) is 36.1 Å². The lowest BCUT2D eigenvalue weighted by Gasteiger charge is -2.17. The Labute approximate surface area is 162 Å². The van der Waals surface area contributed by atoms with Crippen LogP contribution in [0.3, 0.4) is 0 Å². The van der Waals surface area contributed by atoms with Gasteiger partial charge in [-0.2, -0.15) is 0 Å². The zero-order valence-corrected chi connectivity index (χ0v) is 17.1. The van der Waals surface area contributed by atoms with Gasteiger partial charge in [-0.05, 0) is 62.6 Å². The molecule has 0 heterocycles. The Kier molecular flexibility index (Phi) is 7.05. The molecule has 0 saturated heterocycles. The molecule has 144 valence electrons. The molecule has 4 heteroatoms. The van der Waals surface area contributed by atoms with Crippen molar-refractivity contribution in [2.24, 2.45) is 0 Å². The lowest BCUT2D eigenvalue weighted by atomic mass is 10.1. The molecule has 1 amide bonds. The molecule has 0 aliphatic rings. The summed E-state index contributed by atoms with van der Waals surface area (Å²) in [4.78, 5) is 14.2. The second-order valence-electron chi connectivity index (χ2n) is 7.03. The van der Waals surface area contributed by atoms with E-state index in [-0.39, 0.29) is 12.0 Å². The second kappa shape index (κ2) is 9.26. The van der Waals surface area contributed by atoms with Gasteiger partial charge < -0.3 is 14.4 Å². The molecular formula is C23H29NO3. The van der Waals surface area contributed by atoms with Crippen molar-refractivity contribution in [1.82, 2.24) is 4.90 Å². The third kappa shape index (κ3) is 5.88. The maximum Gasteiger partial charge on any atom is 0.246 e. The molecular weight excluding hydrogens is 338 g/mol. The molecule has 0 saturated carbocycles. The molecule has 0 spiro atoms. The molecule has 0 aliphatic heterocycles. The van der Waals surface area contributed by atoms with E-state index in [0.29, 0.717) is 18.0 Å². The van der Waals surface area contributed by atoms with Crippen molar-refractivity contribution in [3.63, 3.8) is 0 Å². The number of ether oxygens (including phenoxy) is 2. The van der Waals surface area contributed by atoms with E-state index in [1.54, 1.807) is 24.2 Å². The van der Waals surface area contributed by atoms with Crippen molar-refractivity contribution in [3.05, 3.63) is 64.7 Å². The Balaban J connectivity index is 2.06. The number of hydrogen-bond acceptors (Lipinski definition) is 3. The standard InChI is InChI=1S/C23H29NO3/c1-16(2)27-21-11-8-19(14-22(21)26-6)9-12-23(25)24(5)15-20-10-7-17(3)13-18(20)4/h7-14,16H,15H2,1-6H3/b12-9+. The number of hydrogen-bond donors (Lipinski definition) is 0. The van der Waals surface area contributed by atoms with Gasteiger partial charge in [0.05, 0.1) is 13.2 Å². The first-order chi connectivity index (χ1) is 12.8. The summed E-state index contributed by atoms with van der Waals surface area (Å²) in [6.07, 6.45) is 3.45. The van der Waals surface area contributed by atoms with Gasteiger partial charge >= 0.3 is 0 Å². The Morgan fingerprint density at radius 3 is 2.48 bits per heavy atom. The first kappa shape index (κ1) is 20.6. The highest BCUT2D eigenvalue weighted by atomic mass is 16.5. The molecule has 4 nitrogen and oxygen atoms in total. The summed E-state index contributed by atoms with van der Waals surface area (Å²) in [6.45, 7) is 8.67. The largest absolute Gasteiger partial charge is 0.493 e. The van der Waals surface area contributed by atoms with Crippen LogP contribution in [-0.2, 0) is 11.3 Å². The zero-order valence-electron chi connectivity index (χ0n) is 17.1. The quantitative estimate of drug-likeness (QED) is 0.662. The Morgan fingerprint density at radius 1 is 1.11 bits per heavy atom. The fourth-order valence-electron chi connectivity index (χ4n) is 2.79. The van der Waals surface area contributed by atoms with Crippen molar-refractivity contribution in [2.45, 2.75) is 40.3 Å². The number of methoxy groups -OCH3 is 1. The van der Waals surface area contributed by atoms with Gasteiger partial charge in [0.15, 0.2) is 11.5 Å². The number of carbonyl (C=O) groups is 1. The van der Waals surface area contributed by atoms with E-state index >= 15 is 0 Å². The van der Waals surface area contributed by atoms with E-state index < -0.39 is 0 Å². The van der Waals surface area contributed by atoms with Gasteiger partial charge in [-0.1, -0.05) is 29.8 Å². The van der Waals surface area contributed by atoms with Crippen LogP contribution in [0.5, 0.6) is 11.5 Å². The Morgan fingerprint density at radius 2 is 1.85 bits per heavy atom. The van der Waals surface area contributed by atoms with Gasteiger partial charge in [0.1, 0.15) is 0 Å². The molecule has 0 aliphatic carbocycles. The average molecular weight is 367 g/mol. The average Bonchev–Trinajstić information content (AvgIpc) is 2.62. The monoisotopic (exact) mass is 367 g/mol. The maximum atomic E-state index is 12.4. The van der Waals surface area contributed by atoms with Gasteiger partial charge in [0, 0.05) is 19.7 Å². The summed E-state index contributed by atoms with van der Waals surface area (Å²) in [5.74, 6) is 1.31. The van der Waals surface area contributed by atoms with E-state index in [4.69, 9.17) is 9.47 Å². The normalized spacial score (nSPS) is 11.1. The minimum absolute atomic E-state index is 0.0450. The van der Waals surface area contributed by atoms with E-state index in [0.717, 1.165) is 11.1 Å². The van der Waals surface area contributed by atoms with Crippen molar-refractivity contribution < 1.29 is 14.3 Å². The van der Waals surface area contributed by atoms with Crippen LogP contribution < -0.4 is 9.47 Å². The van der Waals surface area contributed by atoms with Crippen LogP contribution in [-0.4, -0.2) is 31.1 Å². The van der Waals surface area contributed by atoms with Gasteiger partial charge in [0.25, 0.3) is 0 Å². The predicted octanol–water partition coefficient (Wildman–Crippen LogP) is 4.77. The van der Waals surface area contributed by atoms with Crippen LogP contribution in [0.15, 0.2) is 42.5 Å². The van der Waals surface area contributed by atoms with E-state index in [9.17, 15) is 4.79 Å². The summed E-state index contributed by atoms with van der Waals surface area (Å²) in [7, 11) is 3.42. The van der Waals surface area contributed by atoms with Crippen molar-refractivity contribution >= 4 is 12.0 Å². The topological polar surface area (TPSA) is 38.8 Å². The number of amides is 1. The molecule has 0 bridgehead atoms. The van der Waals surface area contributed by atoms with E-state index in [2.05, 4.69) is 32.0 Å². The third-order valence-electron chi connectivity index (χ3n) is 4.25. The van der Waals surface area contributed by atoms with Crippen LogP contribution in [0.2, 0.25) is 0 Å². The summed E-state index contributed by atoms with van der Waals surface area (Å²) < 4.78 is 11.1. The SMILES string of the molecule is COc1cc(/C=C/C(=O)N(C)Cc2ccc(C)cc2C)ccc1OC(C)C. The van der Waals surface area contributed by atoms with Crippen LogP contribution >= 0.6 is 0 Å². The molecule has 2 rings (SSSR count). The number of rotatable bonds is 7. The van der Waals surface area contributed by atoms with E-state index in [1.807, 2.05) is 39.1 Å². The lowest BCUT2D eigenvalue weighted by molar-refractivity contribution is -0.125. The third-order valence-corrected chi connectivity index (χ3v) is 4.25. The first-order valence-electron chi connectivity index (χ1n) is 9.14. The van der Waals surface area contributed by atoms with Gasteiger partial charge in [-0.3, -0.25) is 4.79 Å². The van der Waals surface area contributed by atoms with Gasteiger partial charge in [-0.15, -0.1) is 0 Å². The molecule has 0 unspecified atom stereocenters. The number of nitrogens with zero attached hydrogens (tertiary/aromatic N) is 1. The Bertz CT molecular complexity index is 824. The second-order valence-corrected chi connectivity index (χ2v) is 7.03. The summed E-state index contributed by atoms with van der Waals surface area (Å²) in [5.41, 5.74) is 4.46. The van der Waals surface area contributed by atoms with Crippen molar-refractivity contribution in [1.29, 1.82) is 0 Å². The number of benzene rings is 2.